The molecule has 1 amide bonds. The fourth-order valence-electron chi connectivity index (χ4n) is 2.64. The first-order valence-corrected chi connectivity index (χ1v) is 9.72. The van der Waals surface area contributed by atoms with Crippen molar-refractivity contribution >= 4 is 35.0 Å². The highest BCUT2D eigenvalue weighted by atomic mass is 32.2. The van der Waals surface area contributed by atoms with Crippen LogP contribution in [0.1, 0.15) is 5.56 Å². The summed E-state index contributed by atoms with van der Waals surface area (Å²) in [6, 6.07) is 25.6. The second-order valence-electron chi connectivity index (χ2n) is 6.02. The summed E-state index contributed by atoms with van der Waals surface area (Å²) in [7, 11) is 0. The van der Waals surface area contributed by atoms with Crippen LogP contribution in [0.15, 0.2) is 93.6 Å². The van der Waals surface area contributed by atoms with Crippen LogP contribution in [-0.4, -0.2) is 22.9 Å². The third-order valence-corrected chi connectivity index (χ3v) is 4.85. The van der Waals surface area contributed by atoms with Crippen molar-refractivity contribution in [3.63, 3.8) is 0 Å². The summed E-state index contributed by atoms with van der Waals surface area (Å²) in [5.74, 6) is -0.0405. The number of thioether (sulfide) groups is 1. The molecule has 0 aliphatic rings. The number of carbonyl (C=O) groups is 1. The number of para-hydroxylation sites is 2. The highest BCUT2D eigenvalue weighted by molar-refractivity contribution is 7.99. The van der Waals surface area contributed by atoms with Gasteiger partial charge in [0.05, 0.1) is 12.0 Å². The monoisotopic (exact) mass is 387 g/mol. The Balaban J connectivity index is 1.28. The molecule has 0 aliphatic heterocycles. The minimum absolute atomic E-state index is 0.178. The average molecular weight is 387 g/mol. The highest BCUT2D eigenvalue weighted by Crippen LogP contribution is 2.22. The zero-order valence-electron chi connectivity index (χ0n) is 14.9. The van der Waals surface area contributed by atoms with Crippen molar-refractivity contribution in [3.05, 3.63) is 84.4 Å². The van der Waals surface area contributed by atoms with Crippen molar-refractivity contribution < 1.29 is 9.21 Å². The smallest absolute Gasteiger partial charge is 0.257 e. The van der Waals surface area contributed by atoms with Crippen LogP contribution in [0, 0.1) is 0 Å². The van der Waals surface area contributed by atoms with Gasteiger partial charge in [-0.2, -0.15) is 5.10 Å². The molecule has 1 aromatic heterocycles. The van der Waals surface area contributed by atoms with Gasteiger partial charge in [0.2, 0.25) is 0 Å². The van der Waals surface area contributed by atoms with Crippen LogP contribution in [0.5, 0.6) is 0 Å². The molecule has 0 radical (unpaired) electrons. The van der Waals surface area contributed by atoms with Gasteiger partial charge in [0.25, 0.3) is 11.1 Å². The van der Waals surface area contributed by atoms with E-state index in [0.717, 1.165) is 22.2 Å². The Hall–Kier alpha value is -3.38. The standard InChI is InChI=1S/C22H17N3O2S/c26-21(15-28-22-24-19-8-4-5-9-20(19)27-22)25-23-14-16-10-12-18(13-11-16)17-6-2-1-3-7-17/h1-14H,15H2,(H,25,26). The topological polar surface area (TPSA) is 67.5 Å². The minimum atomic E-state index is -0.218. The van der Waals surface area contributed by atoms with Gasteiger partial charge in [0.15, 0.2) is 5.58 Å². The van der Waals surface area contributed by atoms with Gasteiger partial charge in [0, 0.05) is 0 Å². The second-order valence-corrected chi connectivity index (χ2v) is 6.94. The number of nitrogens with one attached hydrogen (secondary N) is 1. The summed E-state index contributed by atoms with van der Waals surface area (Å²) in [4.78, 5) is 16.3. The zero-order valence-corrected chi connectivity index (χ0v) is 15.7. The zero-order chi connectivity index (χ0) is 19.2. The Bertz CT molecular complexity index is 1070. The number of aromatic nitrogens is 1. The van der Waals surface area contributed by atoms with Crippen molar-refractivity contribution in [2.24, 2.45) is 5.10 Å². The number of rotatable bonds is 6. The van der Waals surface area contributed by atoms with E-state index in [1.54, 1.807) is 6.21 Å². The summed E-state index contributed by atoms with van der Waals surface area (Å²) in [6.45, 7) is 0. The second kappa shape index (κ2) is 8.54. The largest absolute Gasteiger partial charge is 0.431 e. The summed E-state index contributed by atoms with van der Waals surface area (Å²) in [5.41, 5.74) is 7.22. The maximum Gasteiger partial charge on any atom is 0.257 e. The van der Waals surface area contributed by atoms with Gasteiger partial charge >= 0.3 is 0 Å². The molecule has 0 bridgehead atoms. The molecule has 0 atom stereocenters. The van der Waals surface area contributed by atoms with Gasteiger partial charge < -0.3 is 4.42 Å². The summed E-state index contributed by atoms with van der Waals surface area (Å²) >= 11 is 1.24. The van der Waals surface area contributed by atoms with Gasteiger partial charge in [-0.25, -0.2) is 10.4 Å². The van der Waals surface area contributed by atoms with E-state index in [1.807, 2.05) is 66.7 Å². The average Bonchev–Trinajstić information content (AvgIpc) is 3.16. The first kappa shape index (κ1) is 18.0. The summed E-state index contributed by atoms with van der Waals surface area (Å²) < 4.78 is 5.57. The first-order valence-electron chi connectivity index (χ1n) is 8.74. The molecular formula is C22H17N3O2S. The van der Waals surface area contributed by atoms with Crippen molar-refractivity contribution in [1.82, 2.24) is 10.4 Å². The quantitative estimate of drug-likeness (QED) is 0.295. The van der Waals surface area contributed by atoms with Gasteiger partial charge in [0.1, 0.15) is 5.52 Å². The van der Waals surface area contributed by atoms with E-state index in [0.29, 0.717) is 10.8 Å². The van der Waals surface area contributed by atoms with E-state index in [-0.39, 0.29) is 11.7 Å². The molecule has 3 aromatic carbocycles. The van der Waals surface area contributed by atoms with Gasteiger partial charge in [-0.1, -0.05) is 78.5 Å². The molecule has 4 rings (SSSR count). The maximum absolute atomic E-state index is 11.9. The third-order valence-electron chi connectivity index (χ3n) is 4.02. The predicted molar refractivity (Wildman–Crippen MR) is 112 cm³/mol. The highest BCUT2D eigenvalue weighted by Gasteiger charge is 2.08. The number of fused-ring (bicyclic) bond motifs is 1. The van der Waals surface area contributed by atoms with Crippen molar-refractivity contribution in [3.8, 4) is 11.1 Å². The lowest BCUT2D eigenvalue weighted by atomic mass is 10.0. The number of benzene rings is 3. The number of amides is 1. The van der Waals surface area contributed by atoms with E-state index in [9.17, 15) is 4.79 Å². The first-order chi connectivity index (χ1) is 13.8. The Morgan fingerprint density at radius 2 is 1.68 bits per heavy atom. The van der Waals surface area contributed by atoms with E-state index in [2.05, 4.69) is 27.6 Å². The third kappa shape index (κ3) is 4.47. The summed E-state index contributed by atoms with van der Waals surface area (Å²) in [5, 5.41) is 4.48. The fraction of sp³-hybridized carbons (Fsp3) is 0.0455. The number of carbonyl (C=O) groups excluding carboxylic acids is 1. The lowest BCUT2D eigenvalue weighted by molar-refractivity contribution is -0.118. The number of oxazole rings is 1. The lowest BCUT2D eigenvalue weighted by Gasteiger charge is -2.01. The number of hydrogen-bond donors (Lipinski definition) is 1. The molecular weight excluding hydrogens is 370 g/mol. The molecule has 5 nitrogen and oxygen atoms in total. The van der Waals surface area contributed by atoms with Crippen LogP contribution < -0.4 is 5.43 Å². The molecule has 0 spiro atoms. The molecule has 138 valence electrons. The lowest BCUT2D eigenvalue weighted by Crippen LogP contribution is -2.19. The van der Waals surface area contributed by atoms with Crippen molar-refractivity contribution in [2.45, 2.75) is 5.22 Å². The van der Waals surface area contributed by atoms with Crippen LogP contribution in [-0.2, 0) is 4.79 Å². The van der Waals surface area contributed by atoms with Gasteiger partial charge in [-0.3, -0.25) is 4.79 Å². The minimum Gasteiger partial charge on any atom is -0.431 e. The molecule has 0 saturated heterocycles. The molecule has 28 heavy (non-hydrogen) atoms. The van der Waals surface area contributed by atoms with Crippen molar-refractivity contribution in [2.75, 3.05) is 5.75 Å². The Morgan fingerprint density at radius 1 is 0.964 bits per heavy atom. The normalized spacial score (nSPS) is 11.1. The van der Waals surface area contributed by atoms with E-state index in [4.69, 9.17) is 4.42 Å². The Kier molecular flexibility index (Phi) is 5.49. The van der Waals surface area contributed by atoms with E-state index >= 15 is 0 Å². The molecule has 1 heterocycles. The van der Waals surface area contributed by atoms with Crippen molar-refractivity contribution in [1.29, 1.82) is 0 Å². The Morgan fingerprint density at radius 3 is 2.46 bits per heavy atom. The summed E-state index contributed by atoms with van der Waals surface area (Å²) in [6.07, 6.45) is 1.62. The van der Waals surface area contributed by atoms with Crippen LogP contribution in [0.4, 0.5) is 0 Å². The molecule has 0 aliphatic carbocycles. The van der Waals surface area contributed by atoms with Gasteiger partial charge in [-0.05, 0) is 28.8 Å². The molecule has 0 fully saturated rings. The van der Waals surface area contributed by atoms with Crippen LogP contribution >= 0.6 is 11.8 Å². The van der Waals surface area contributed by atoms with Gasteiger partial charge in [-0.15, -0.1) is 0 Å². The van der Waals surface area contributed by atoms with Crippen LogP contribution in [0.3, 0.4) is 0 Å². The number of nitrogens with zero attached hydrogens (tertiary/aromatic N) is 2. The molecule has 6 heteroatoms. The van der Waals surface area contributed by atoms with E-state index in [1.165, 1.54) is 11.8 Å². The maximum atomic E-state index is 11.9. The molecule has 1 N–H and O–H groups in total. The molecule has 4 aromatic rings. The number of hydrogen-bond acceptors (Lipinski definition) is 5. The fourth-order valence-corrected chi connectivity index (χ4v) is 3.27. The van der Waals surface area contributed by atoms with Crippen LogP contribution in [0.2, 0.25) is 0 Å². The molecule has 0 saturated carbocycles. The molecule has 0 unspecified atom stereocenters. The number of hydrazone groups is 1. The SMILES string of the molecule is O=C(CSc1nc2ccccc2o1)NN=Cc1ccc(-c2ccccc2)cc1. The Labute approximate surface area is 166 Å². The predicted octanol–water partition coefficient (Wildman–Crippen LogP) is 4.74. The van der Waals surface area contributed by atoms with E-state index < -0.39 is 0 Å². The van der Waals surface area contributed by atoms with Crippen LogP contribution in [0.25, 0.3) is 22.2 Å².